The lowest BCUT2D eigenvalue weighted by molar-refractivity contribution is -0.136. The minimum absolute atomic E-state index is 0.00120. The molecule has 0 bridgehead atoms. The first-order valence-corrected chi connectivity index (χ1v) is 16.2. The second kappa shape index (κ2) is 17.0. The van der Waals surface area contributed by atoms with Gasteiger partial charge in [-0.25, -0.2) is 4.39 Å². The van der Waals surface area contributed by atoms with Crippen LogP contribution in [0, 0.1) is 5.82 Å². The number of likely N-dealkylation sites (N-methyl/N-ethyl adjacent to an activating group) is 1. The Hall–Kier alpha value is -5.91. The van der Waals surface area contributed by atoms with E-state index in [1.807, 2.05) is 30.3 Å². The van der Waals surface area contributed by atoms with E-state index >= 15 is 0 Å². The normalized spacial score (nSPS) is 17.6. The van der Waals surface area contributed by atoms with E-state index in [1.165, 1.54) is 23.1 Å². The van der Waals surface area contributed by atoms with Gasteiger partial charge < -0.3 is 35.1 Å². The standard InChI is InChI=1S/C38H39FN4O7/c1-25(24-49-33-17-8-9-18-34(33)50-28-14-10-13-27(39)22-28)40-37(46)30-23-35(44)41-31(21-26-11-4-3-5-12-26)38(47)43(2)19-20-48-32-16-7-6-15-29(32)36(45)42-30/h3-18,22,25,30-31H,19-21,23-24H2,1-2H3,(H,40,46)(H,41,44)(H,42,45)/t25-,30+,31-/m1/s1. The van der Waals surface area contributed by atoms with Gasteiger partial charge in [0.15, 0.2) is 11.5 Å². The van der Waals surface area contributed by atoms with Crippen LogP contribution < -0.4 is 30.2 Å². The molecule has 12 heteroatoms. The Morgan fingerprint density at radius 2 is 1.66 bits per heavy atom. The zero-order valence-electron chi connectivity index (χ0n) is 27.8. The predicted octanol–water partition coefficient (Wildman–Crippen LogP) is 4.27. The van der Waals surface area contributed by atoms with Gasteiger partial charge in [0.1, 0.15) is 42.6 Å². The maximum Gasteiger partial charge on any atom is 0.255 e. The zero-order chi connectivity index (χ0) is 35.5. The Morgan fingerprint density at radius 1 is 0.940 bits per heavy atom. The molecule has 50 heavy (non-hydrogen) atoms. The molecule has 1 aliphatic heterocycles. The van der Waals surface area contributed by atoms with Gasteiger partial charge in [0.2, 0.25) is 17.7 Å². The van der Waals surface area contributed by atoms with Crippen LogP contribution >= 0.6 is 0 Å². The van der Waals surface area contributed by atoms with E-state index in [4.69, 9.17) is 14.2 Å². The molecule has 5 rings (SSSR count). The average molecular weight is 683 g/mol. The van der Waals surface area contributed by atoms with E-state index in [1.54, 1.807) is 68.6 Å². The number of fused-ring (bicyclic) bond motifs is 1. The molecule has 3 atom stereocenters. The topological polar surface area (TPSA) is 135 Å². The number of hydrogen-bond donors (Lipinski definition) is 3. The van der Waals surface area contributed by atoms with Crippen molar-refractivity contribution in [2.75, 3.05) is 26.8 Å². The number of carbonyl (C=O) groups excluding carboxylic acids is 4. The van der Waals surface area contributed by atoms with Crippen LogP contribution in [0.25, 0.3) is 0 Å². The number of carbonyl (C=O) groups is 4. The van der Waals surface area contributed by atoms with Crippen LogP contribution in [0.2, 0.25) is 0 Å². The van der Waals surface area contributed by atoms with E-state index in [2.05, 4.69) is 16.0 Å². The smallest absolute Gasteiger partial charge is 0.255 e. The summed E-state index contributed by atoms with van der Waals surface area (Å²) >= 11 is 0. The van der Waals surface area contributed by atoms with E-state index in [0.29, 0.717) is 11.5 Å². The van der Waals surface area contributed by atoms with Crippen LogP contribution in [0.15, 0.2) is 103 Å². The molecule has 3 N–H and O–H groups in total. The molecule has 4 aromatic rings. The average Bonchev–Trinajstić information content (AvgIpc) is 3.10. The van der Waals surface area contributed by atoms with Crippen molar-refractivity contribution >= 4 is 23.6 Å². The van der Waals surface area contributed by atoms with Gasteiger partial charge in [0, 0.05) is 19.5 Å². The summed E-state index contributed by atoms with van der Waals surface area (Å²) in [4.78, 5) is 55.6. The summed E-state index contributed by atoms with van der Waals surface area (Å²) in [6.07, 6.45) is -0.220. The highest BCUT2D eigenvalue weighted by atomic mass is 19.1. The van der Waals surface area contributed by atoms with Crippen molar-refractivity contribution in [3.8, 4) is 23.0 Å². The third-order valence-corrected chi connectivity index (χ3v) is 7.87. The van der Waals surface area contributed by atoms with Crippen LogP contribution in [0.3, 0.4) is 0 Å². The first kappa shape index (κ1) is 35.4. The molecule has 0 spiro atoms. The molecule has 4 amide bonds. The maximum absolute atomic E-state index is 13.7. The Bertz CT molecular complexity index is 1800. The number of amides is 4. The third-order valence-electron chi connectivity index (χ3n) is 7.87. The second-order valence-electron chi connectivity index (χ2n) is 11.9. The van der Waals surface area contributed by atoms with Crippen molar-refractivity contribution in [3.05, 3.63) is 120 Å². The SMILES string of the molecule is C[C@H](COc1ccccc1Oc1cccc(F)c1)NC(=O)[C@@H]1CC(=O)N[C@H](Cc2ccccc2)C(=O)N(C)CCOc2ccccc2C(=O)N1. The number of halogens is 1. The fourth-order valence-electron chi connectivity index (χ4n) is 5.29. The molecule has 1 aliphatic rings. The van der Waals surface area contributed by atoms with Crippen molar-refractivity contribution in [1.29, 1.82) is 0 Å². The third kappa shape index (κ3) is 9.82. The van der Waals surface area contributed by atoms with Crippen molar-refractivity contribution < 1.29 is 37.8 Å². The Labute approximate surface area is 289 Å². The highest BCUT2D eigenvalue weighted by Crippen LogP contribution is 2.31. The fraction of sp³-hybridized carbons (Fsp3) is 0.263. The summed E-state index contributed by atoms with van der Waals surface area (Å²) in [7, 11) is 1.62. The van der Waals surface area contributed by atoms with Crippen LogP contribution in [-0.2, 0) is 20.8 Å². The summed E-state index contributed by atoms with van der Waals surface area (Å²) in [5, 5.41) is 8.27. The van der Waals surface area contributed by atoms with Crippen molar-refractivity contribution in [2.45, 2.75) is 37.9 Å². The van der Waals surface area contributed by atoms with Gasteiger partial charge in [-0.05, 0) is 48.9 Å². The minimum atomic E-state index is -1.31. The minimum Gasteiger partial charge on any atom is -0.491 e. The summed E-state index contributed by atoms with van der Waals surface area (Å²) < 4.78 is 31.4. The molecular formula is C38H39FN4O7. The summed E-state index contributed by atoms with van der Waals surface area (Å²) in [5.41, 5.74) is 1.01. The number of para-hydroxylation sites is 3. The zero-order valence-corrected chi connectivity index (χ0v) is 27.8. The van der Waals surface area contributed by atoms with E-state index in [0.717, 1.165) is 5.56 Å². The van der Waals surface area contributed by atoms with Crippen molar-refractivity contribution in [3.63, 3.8) is 0 Å². The van der Waals surface area contributed by atoms with Gasteiger partial charge >= 0.3 is 0 Å². The summed E-state index contributed by atoms with van der Waals surface area (Å²) in [5.74, 6) is -1.35. The lowest BCUT2D eigenvalue weighted by atomic mass is 10.0. The molecule has 0 radical (unpaired) electrons. The second-order valence-corrected chi connectivity index (χ2v) is 11.9. The quantitative estimate of drug-likeness (QED) is 0.240. The van der Waals surface area contributed by atoms with Crippen LogP contribution in [0.4, 0.5) is 4.39 Å². The number of ether oxygens (including phenoxy) is 3. The number of nitrogens with zero attached hydrogens (tertiary/aromatic N) is 1. The number of nitrogens with one attached hydrogen (secondary N) is 3. The van der Waals surface area contributed by atoms with Crippen LogP contribution in [0.1, 0.15) is 29.3 Å². The molecular weight excluding hydrogens is 643 g/mol. The Morgan fingerprint density at radius 3 is 2.44 bits per heavy atom. The monoisotopic (exact) mass is 682 g/mol. The highest BCUT2D eigenvalue weighted by molar-refractivity contribution is 6.01. The molecule has 0 aliphatic carbocycles. The molecule has 0 aromatic heterocycles. The molecule has 0 fully saturated rings. The Balaban J connectivity index is 1.31. The van der Waals surface area contributed by atoms with Crippen molar-refractivity contribution in [2.24, 2.45) is 0 Å². The number of rotatable bonds is 9. The van der Waals surface area contributed by atoms with E-state index < -0.39 is 48.1 Å². The molecule has 11 nitrogen and oxygen atoms in total. The molecule has 4 aromatic carbocycles. The molecule has 1 heterocycles. The van der Waals surface area contributed by atoms with Gasteiger partial charge in [-0.1, -0.05) is 60.7 Å². The van der Waals surface area contributed by atoms with E-state index in [-0.39, 0.29) is 49.1 Å². The molecule has 0 saturated carbocycles. The number of hydrogen-bond acceptors (Lipinski definition) is 7. The van der Waals surface area contributed by atoms with Gasteiger partial charge in [-0.15, -0.1) is 0 Å². The lowest BCUT2D eigenvalue weighted by Gasteiger charge is -2.27. The van der Waals surface area contributed by atoms with Gasteiger partial charge in [-0.2, -0.15) is 0 Å². The summed E-state index contributed by atoms with van der Waals surface area (Å²) in [6, 6.07) is 25.5. The maximum atomic E-state index is 13.7. The van der Waals surface area contributed by atoms with E-state index in [9.17, 15) is 23.6 Å². The van der Waals surface area contributed by atoms with Crippen molar-refractivity contribution in [1.82, 2.24) is 20.9 Å². The lowest BCUT2D eigenvalue weighted by Crippen LogP contribution is -2.54. The highest BCUT2D eigenvalue weighted by Gasteiger charge is 2.30. The predicted molar refractivity (Wildman–Crippen MR) is 184 cm³/mol. The molecule has 0 saturated heterocycles. The largest absolute Gasteiger partial charge is 0.491 e. The van der Waals surface area contributed by atoms with Gasteiger partial charge in [-0.3, -0.25) is 19.2 Å². The fourth-order valence-corrected chi connectivity index (χ4v) is 5.29. The first-order valence-electron chi connectivity index (χ1n) is 16.2. The Kier molecular flexibility index (Phi) is 12.0. The molecule has 260 valence electrons. The summed E-state index contributed by atoms with van der Waals surface area (Å²) in [6.45, 7) is 2.00. The number of benzene rings is 4. The molecule has 0 unspecified atom stereocenters. The van der Waals surface area contributed by atoms with Gasteiger partial charge in [0.25, 0.3) is 5.91 Å². The van der Waals surface area contributed by atoms with Gasteiger partial charge in [0.05, 0.1) is 24.6 Å². The van der Waals surface area contributed by atoms with Crippen LogP contribution in [0.5, 0.6) is 23.0 Å². The first-order chi connectivity index (χ1) is 24.2. The van der Waals surface area contributed by atoms with Crippen LogP contribution in [-0.4, -0.2) is 73.5 Å².